The van der Waals surface area contributed by atoms with Crippen LogP contribution in [0.1, 0.15) is 19.2 Å². The number of para-hydroxylation sites is 2. The standard InChI is InChI=1S/C17H19N5O3S/c1-2-12(26-17-20-10-5-3-4-6-11(10)25-17)16(24)19-8-7-14-21-13(18)9-15(23)22-14/h3-6,9,12H,2,7-8H2,1H3,(H,19,24)(H3,18,21,22,23)/t12-/m0/s1. The predicted octanol–water partition coefficient (Wildman–Crippen LogP) is 1.72. The van der Waals surface area contributed by atoms with Gasteiger partial charge in [0.25, 0.3) is 10.8 Å². The van der Waals surface area contributed by atoms with Crippen LogP contribution in [0.4, 0.5) is 5.82 Å². The summed E-state index contributed by atoms with van der Waals surface area (Å²) in [6, 6.07) is 8.68. The lowest BCUT2D eigenvalue weighted by molar-refractivity contribution is -0.120. The highest BCUT2D eigenvalue weighted by atomic mass is 32.2. The number of oxazole rings is 1. The average molecular weight is 373 g/mol. The number of aromatic amines is 1. The van der Waals surface area contributed by atoms with Gasteiger partial charge >= 0.3 is 0 Å². The van der Waals surface area contributed by atoms with Crippen LogP contribution in [0.15, 0.2) is 44.8 Å². The van der Waals surface area contributed by atoms with E-state index in [2.05, 4.69) is 20.3 Å². The molecule has 4 N–H and O–H groups in total. The van der Waals surface area contributed by atoms with E-state index in [4.69, 9.17) is 10.2 Å². The van der Waals surface area contributed by atoms with E-state index in [-0.39, 0.29) is 22.5 Å². The predicted molar refractivity (Wildman–Crippen MR) is 99.9 cm³/mol. The molecule has 0 aliphatic heterocycles. The second kappa shape index (κ2) is 8.05. The number of benzene rings is 1. The number of H-pyrrole nitrogens is 1. The van der Waals surface area contributed by atoms with Crippen molar-refractivity contribution in [2.75, 3.05) is 12.3 Å². The van der Waals surface area contributed by atoms with Gasteiger partial charge in [-0.15, -0.1) is 0 Å². The molecule has 8 nitrogen and oxygen atoms in total. The van der Waals surface area contributed by atoms with Gasteiger partial charge in [0.1, 0.15) is 17.2 Å². The number of carbonyl (C=O) groups excluding carboxylic acids is 1. The highest BCUT2D eigenvalue weighted by Gasteiger charge is 2.20. The van der Waals surface area contributed by atoms with Crippen LogP contribution < -0.4 is 16.6 Å². The van der Waals surface area contributed by atoms with Gasteiger partial charge in [-0.25, -0.2) is 9.97 Å². The number of aromatic nitrogens is 3. The topological polar surface area (TPSA) is 127 Å². The lowest BCUT2D eigenvalue weighted by Crippen LogP contribution is -2.34. The van der Waals surface area contributed by atoms with E-state index in [1.165, 1.54) is 17.8 Å². The Morgan fingerprint density at radius 3 is 2.92 bits per heavy atom. The molecule has 2 heterocycles. The fourth-order valence-electron chi connectivity index (χ4n) is 2.41. The van der Waals surface area contributed by atoms with Crippen molar-refractivity contribution < 1.29 is 9.21 Å². The van der Waals surface area contributed by atoms with Crippen LogP contribution in [0.2, 0.25) is 0 Å². The first-order valence-corrected chi connectivity index (χ1v) is 9.08. The second-order valence-electron chi connectivity index (χ2n) is 5.62. The molecule has 0 aliphatic rings. The minimum atomic E-state index is -0.323. The molecular weight excluding hydrogens is 354 g/mol. The van der Waals surface area contributed by atoms with Crippen molar-refractivity contribution in [1.29, 1.82) is 0 Å². The molecule has 0 saturated heterocycles. The zero-order chi connectivity index (χ0) is 18.5. The summed E-state index contributed by atoms with van der Waals surface area (Å²) in [5.74, 6) is 0.481. The molecule has 0 radical (unpaired) electrons. The summed E-state index contributed by atoms with van der Waals surface area (Å²) < 4.78 is 5.66. The maximum atomic E-state index is 12.4. The highest BCUT2D eigenvalue weighted by molar-refractivity contribution is 8.00. The molecule has 0 unspecified atom stereocenters. The van der Waals surface area contributed by atoms with Crippen LogP contribution >= 0.6 is 11.8 Å². The van der Waals surface area contributed by atoms with Gasteiger partial charge in [-0.05, 0) is 18.6 Å². The molecule has 3 rings (SSSR count). The lowest BCUT2D eigenvalue weighted by atomic mass is 10.3. The fraction of sp³-hybridized carbons (Fsp3) is 0.294. The third kappa shape index (κ3) is 4.42. The number of nitrogens with two attached hydrogens (primary N) is 1. The number of nitrogens with zero attached hydrogens (tertiary/aromatic N) is 2. The van der Waals surface area contributed by atoms with Crippen molar-refractivity contribution in [3.63, 3.8) is 0 Å². The Hall–Kier alpha value is -2.81. The molecular formula is C17H19N5O3S. The first kappa shape index (κ1) is 18.0. The van der Waals surface area contributed by atoms with Crippen molar-refractivity contribution in [3.05, 3.63) is 46.5 Å². The molecule has 136 valence electrons. The summed E-state index contributed by atoms with van der Waals surface area (Å²) in [6.45, 7) is 2.27. The molecule has 1 amide bonds. The van der Waals surface area contributed by atoms with E-state index < -0.39 is 0 Å². The van der Waals surface area contributed by atoms with Crippen molar-refractivity contribution in [3.8, 4) is 0 Å². The molecule has 9 heteroatoms. The number of nitrogen functional groups attached to an aromatic ring is 1. The Morgan fingerprint density at radius 2 is 2.19 bits per heavy atom. The Balaban J connectivity index is 1.57. The number of amides is 1. The first-order chi connectivity index (χ1) is 12.5. The minimum absolute atomic E-state index is 0.119. The normalized spacial score (nSPS) is 12.2. The van der Waals surface area contributed by atoms with Crippen molar-refractivity contribution >= 4 is 34.6 Å². The summed E-state index contributed by atoms with van der Waals surface area (Å²) in [5, 5.41) is 2.99. The Bertz CT molecular complexity index is 935. The molecule has 26 heavy (non-hydrogen) atoms. The Labute approximate surface area is 153 Å². The SMILES string of the molecule is CC[C@H](Sc1nc2ccccc2o1)C(=O)NCCc1nc(N)cc(=O)[nH]1. The van der Waals surface area contributed by atoms with Gasteiger partial charge in [-0.3, -0.25) is 9.59 Å². The average Bonchev–Trinajstić information content (AvgIpc) is 3.01. The molecule has 0 aliphatic carbocycles. The van der Waals surface area contributed by atoms with Crippen LogP contribution in [0.5, 0.6) is 0 Å². The lowest BCUT2D eigenvalue weighted by Gasteiger charge is -2.12. The van der Waals surface area contributed by atoms with Gasteiger partial charge < -0.3 is 20.5 Å². The Morgan fingerprint density at radius 1 is 1.38 bits per heavy atom. The van der Waals surface area contributed by atoms with Gasteiger partial charge in [0.05, 0.1) is 5.25 Å². The van der Waals surface area contributed by atoms with Crippen LogP contribution in [0.25, 0.3) is 11.1 Å². The van der Waals surface area contributed by atoms with E-state index in [9.17, 15) is 9.59 Å². The summed E-state index contributed by atoms with van der Waals surface area (Å²) in [5.41, 5.74) is 6.69. The minimum Gasteiger partial charge on any atom is -0.431 e. The maximum Gasteiger partial charge on any atom is 0.257 e. The van der Waals surface area contributed by atoms with Gasteiger partial charge in [0.15, 0.2) is 5.58 Å². The molecule has 0 spiro atoms. The number of thioether (sulfide) groups is 1. The molecule has 3 aromatic rings. The van der Waals surface area contributed by atoms with Crippen LogP contribution in [-0.2, 0) is 11.2 Å². The molecule has 1 aromatic carbocycles. The van der Waals surface area contributed by atoms with Crippen molar-refractivity contribution in [1.82, 2.24) is 20.3 Å². The van der Waals surface area contributed by atoms with Crippen molar-refractivity contribution in [2.45, 2.75) is 30.2 Å². The summed E-state index contributed by atoms with van der Waals surface area (Å²) in [6.07, 6.45) is 1.01. The number of carbonyl (C=O) groups is 1. The van der Waals surface area contributed by atoms with E-state index in [0.29, 0.717) is 36.0 Å². The van der Waals surface area contributed by atoms with Crippen LogP contribution in [0.3, 0.4) is 0 Å². The van der Waals surface area contributed by atoms with Crippen molar-refractivity contribution in [2.24, 2.45) is 0 Å². The fourth-order valence-corrected chi connectivity index (χ4v) is 3.30. The van der Waals surface area contributed by atoms with E-state index >= 15 is 0 Å². The molecule has 0 bridgehead atoms. The first-order valence-electron chi connectivity index (χ1n) is 8.21. The summed E-state index contributed by atoms with van der Waals surface area (Å²) in [4.78, 5) is 34.8. The Kier molecular flexibility index (Phi) is 5.57. The smallest absolute Gasteiger partial charge is 0.257 e. The van der Waals surface area contributed by atoms with E-state index in [1.54, 1.807) is 0 Å². The van der Waals surface area contributed by atoms with Gasteiger partial charge in [-0.1, -0.05) is 30.8 Å². The second-order valence-corrected chi connectivity index (χ2v) is 6.77. The van der Waals surface area contributed by atoms with Crippen LogP contribution in [-0.4, -0.2) is 32.7 Å². The number of hydrogen-bond acceptors (Lipinski definition) is 7. The molecule has 1 atom stereocenters. The van der Waals surface area contributed by atoms with Gasteiger partial charge in [-0.2, -0.15) is 0 Å². The number of rotatable bonds is 7. The van der Waals surface area contributed by atoms with E-state index in [1.807, 2.05) is 31.2 Å². The number of hydrogen-bond donors (Lipinski definition) is 3. The molecule has 0 fully saturated rings. The summed E-state index contributed by atoms with van der Waals surface area (Å²) in [7, 11) is 0. The molecule has 2 aromatic heterocycles. The largest absolute Gasteiger partial charge is 0.431 e. The quantitative estimate of drug-likeness (QED) is 0.538. The van der Waals surface area contributed by atoms with E-state index in [0.717, 1.165) is 5.52 Å². The van der Waals surface area contributed by atoms with Crippen LogP contribution in [0, 0.1) is 0 Å². The summed E-state index contributed by atoms with van der Waals surface area (Å²) >= 11 is 1.29. The number of anilines is 1. The van der Waals surface area contributed by atoms with Gasteiger partial charge in [0.2, 0.25) is 5.91 Å². The van der Waals surface area contributed by atoms with Gasteiger partial charge in [0, 0.05) is 19.0 Å². The highest BCUT2D eigenvalue weighted by Crippen LogP contribution is 2.28. The number of nitrogens with one attached hydrogen (secondary N) is 2. The third-order valence-electron chi connectivity index (χ3n) is 3.65. The monoisotopic (exact) mass is 373 g/mol. The number of fused-ring (bicyclic) bond motifs is 1. The molecule has 0 saturated carbocycles. The zero-order valence-corrected chi connectivity index (χ0v) is 15.0. The zero-order valence-electron chi connectivity index (χ0n) is 14.2. The third-order valence-corrected chi connectivity index (χ3v) is 4.86. The maximum absolute atomic E-state index is 12.4.